The van der Waals surface area contributed by atoms with Gasteiger partial charge in [0.1, 0.15) is 18.1 Å². The molecule has 0 saturated carbocycles. The van der Waals surface area contributed by atoms with Crippen molar-refractivity contribution in [1.29, 1.82) is 0 Å². The lowest BCUT2D eigenvalue weighted by Crippen LogP contribution is -2.58. The number of amides is 3. The normalized spacial score (nSPS) is 14.2. The van der Waals surface area contributed by atoms with Crippen molar-refractivity contribution in [3.63, 3.8) is 0 Å². The summed E-state index contributed by atoms with van der Waals surface area (Å²) in [6.07, 6.45) is 6.12. The molecule has 40 heavy (non-hydrogen) atoms. The van der Waals surface area contributed by atoms with E-state index in [1.165, 1.54) is 12.5 Å². The van der Waals surface area contributed by atoms with Gasteiger partial charge in [-0.15, -0.1) is 0 Å². The first kappa shape index (κ1) is 30.7. The molecule has 1 aromatic carbocycles. The Bertz CT molecular complexity index is 1280. The molecule has 0 spiro atoms. The average molecular weight is 573 g/mol. The Hall–Kier alpha value is -3.88. The Kier molecular flexibility index (Phi) is 11.5. The molecular weight excluding hydrogens is 536 g/mol. The van der Waals surface area contributed by atoms with Crippen LogP contribution in [0.5, 0.6) is 0 Å². The van der Waals surface area contributed by atoms with Crippen LogP contribution in [0.3, 0.4) is 0 Å². The number of unbranched alkanes of at least 4 members (excludes halogenated alkanes) is 1. The summed E-state index contributed by atoms with van der Waals surface area (Å²) in [5.74, 6) is -3.00. The van der Waals surface area contributed by atoms with E-state index in [1.54, 1.807) is 6.20 Å². The van der Waals surface area contributed by atoms with Crippen molar-refractivity contribution < 1.29 is 24.3 Å². The number of nitrogens with one attached hydrogen (secondary N) is 5. The highest BCUT2D eigenvalue weighted by Gasteiger charge is 2.31. The maximum Gasteiger partial charge on any atom is 0.326 e. The van der Waals surface area contributed by atoms with Crippen LogP contribution in [0.1, 0.15) is 30.5 Å². The highest BCUT2D eigenvalue weighted by atomic mass is 32.1. The van der Waals surface area contributed by atoms with Crippen molar-refractivity contribution in [2.75, 3.05) is 12.3 Å². The molecular formula is C26H36N8O5S. The van der Waals surface area contributed by atoms with Crippen LogP contribution in [0.4, 0.5) is 0 Å². The molecule has 0 bridgehead atoms. The van der Waals surface area contributed by atoms with Gasteiger partial charge in [0.05, 0.1) is 12.4 Å². The predicted molar refractivity (Wildman–Crippen MR) is 152 cm³/mol. The number of carboxylic acid groups (broad SMARTS) is 1. The molecule has 0 aliphatic heterocycles. The van der Waals surface area contributed by atoms with Crippen molar-refractivity contribution in [3.05, 3.63) is 54.2 Å². The SMILES string of the molecule is NCCCCC(NC(=O)C(N)CS)C(=O)NC(Cc1cnc[nH]1)C(=O)NC(Cc1c[nH]c2ccccc12)C(=O)O. The van der Waals surface area contributed by atoms with E-state index >= 15 is 0 Å². The van der Waals surface area contributed by atoms with E-state index in [9.17, 15) is 24.3 Å². The molecule has 14 heteroatoms. The monoisotopic (exact) mass is 572 g/mol. The second-order valence-corrected chi connectivity index (χ2v) is 9.81. The van der Waals surface area contributed by atoms with E-state index in [4.69, 9.17) is 11.5 Å². The van der Waals surface area contributed by atoms with Gasteiger partial charge in [-0.1, -0.05) is 18.2 Å². The van der Waals surface area contributed by atoms with Crippen LogP contribution in [-0.2, 0) is 32.0 Å². The molecule has 3 amide bonds. The third-order valence-electron chi connectivity index (χ3n) is 6.44. The Labute approximate surface area is 236 Å². The van der Waals surface area contributed by atoms with Gasteiger partial charge in [-0.3, -0.25) is 14.4 Å². The largest absolute Gasteiger partial charge is 0.480 e. The fourth-order valence-electron chi connectivity index (χ4n) is 4.21. The van der Waals surface area contributed by atoms with E-state index in [1.807, 2.05) is 24.3 Å². The summed E-state index contributed by atoms with van der Waals surface area (Å²) in [6, 6.07) is 3.11. The molecule has 0 saturated heterocycles. The zero-order chi connectivity index (χ0) is 29.1. The Morgan fingerprint density at radius 2 is 1.65 bits per heavy atom. The van der Waals surface area contributed by atoms with Crippen molar-refractivity contribution in [2.24, 2.45) is 11.5 Å². The lowest BCUT2D eigenvalue weighted by molar-refractivity contribution is -0.142. The molecule has 2 heterocycles. The van der Waals surface area contributed by atoms with Gasteiger partial charge in [0.25, 0.3) is 0 Å². The number of fused-ring (bicyclic) bond motifs is 1. The zero-order valence-corrected chi connectivity index (χ0v) is 22.8. The van der Waals surface area contributed by atoms with Crippen molar-refractivity contribution >= 4 is 47.2 Å². The number of aromatic nitrogens is 3. The predicted octanol–water partition coefficient (Wildman–Crippen LogP) is -0.399. The third kappa shape index (κ3) is 8.56. The van der Waals surface area contributed by atoms with Gasteiger partial charge < -0.3 is 42.5 Å². The van der Waals surface area contributed by atoms with E-state index in [0.717, 1.165) is 16.5 Å². The summed E-state index contributed by atoms with van der Waals surface area (Å²) in [7, 11) is 0. The number of aromatic amines is 2. The van der Waals surface area contributed by atoms with E-state index in [-0.39, 0.29) is 25.0 Å². The summed E-state index contributed by atoms with van der Waals surface area (Å²) in [5.41, 5.74) is 13.5. The fraction of sp³-hybridized carbons (Fsp3) is 0.423. The van der Waals surface area contributed by atoms with Crippen LogP contribution in [-0.4, -0.2) is 80.2 Å². The number of rotatable bonds is 16. The second-order valence-electron chi connectivity index (χ2n) is 9.44. The lowest BCUT2D eigenvalue weighted by Gasteiger charge is -2.25. The number of nitrogens with zero attached hydrogens (tertiary/aromatic N) is 1. The van der Waals surface area contributed by atoms with Gasteiger partial charge in [0.15, 0.2) is 0 Å². The van der Waals surface area contributed by atoms with Crippen LogP contribution >= 0.6 is 12.6 Å². The first-order valence-electron chi connectivity index (χ1n) is 13.0. The summed E-state index contributed by atoms with van der Waals surface area (Å²) < 4.78 is 0. The standard InChI is InChI=1S/C26H36N8O5S/c27-8-4-3-7-20(32-23(35)18(28)13-40)24(36)33-21(10-16-12-29-14-31-16)25(37)34-22(26(38)39)9-15-11-30-19-6-2-1-5-17(15)19/h1-2,5-6,11-12,14,18,20-22,30,40H,3-4,7-10,13,27-28H2,(H,29,31)(H,32,35)(H,33,36)(H,34,37)(H,38,39). The van der Waals surface area contributed by atoms with Gasteiger partial charge in [-0.05, 0) is 37.4 Å². The van der Waals surface area contributed by atoms with Gasteiger partial charge >= 0.3 is 5.97 Å². The first-order chi connectivity index (χ1) is 19.2. The number of para-hydroxylation sites is 1. The molecule has 10 N–H and O–H groups in total. The van der Waals surface area contributed by atoms with Crippen molar-refractivity contribution in [3.8, 4) is 0 Å². The number of thiol groups is 1. The van der Waals surface area contributed by atoms with Gasteiger partial charge in [0.2, 0.25) is 17.7 Å². The highest BCUT2D eigenvalue weighted by molar-refractivity contribution is 7.80. The van der Waals surface area contributed by atoms with Crippen LogP contribution in [0.25, 0.3) is 10.9 Å². The molecule has 0 fully saturated rings. The third-order valence-corrected chi connectivity index (χ3v) is 6.83. The molecule has 13 nitrogen and oxygen atoms in total. The van der Waals surface area contributed by atoms with Crippen LogP contribution in [0.15, 0.2) is 43.0 Å². The maximum atomic E-state index is 13.4. The minimum atomic E-state index is -1.26. The number of carbonyl (C=O) groups excluding carboxylic acids is 3. The number of carbonyl (C=O) groups is 4. The summed E-state index contributed by atoms with van der Waals surface area (Å²) in [5, 5.41) is 18.6. The summed E-state index contributed by atoms with van der Waals surface area (Å²) in [4.78, 5) is 61.2. The molecule has 216 valence electrons. The molecule has 0 radical (unpaired) electrons. The molecule has 3 rings (SSSR count). The zero-order valence-electron chi connectivity index (χ0n) is 21.9. The minimum Gasteiger partial charge on any atom is -0.480 e. The summed E-state index contributed by atoms with van der Waals surface area (Å²) >= 11 is 4.03. The topological polar surface area (TPSA) is 221 Å². The van der Waals surface area contributed by atoms with Gasteiger partial charge in [-0.25, -0.2) is 9.78 Å². The molecule has 3 aromatic rings. The fourth-order valence-corrected chi connectivity index (χ4v) is 4.38. The van der Waals surface area contributed by atoms with E-state index in [2.05, 4.69) is 43.5 Å². The molecule has 4 unspecified atom stereocenters. The number of carboxylic acids is 1. The molecule has 0 aliphatic carbocycles. The van der Waals surface area contributed by atoms with Crippen LogP contribution < -0.4 is 27.4 Å². The number of H-pyrrole nitrogens is 2. The number of aliphatic carboxylic acids is 1. The lowest BCUT2D eigenvalue weighted by atomic mass is 10.0. The van der Waals surface area contributed by atoms with E-state index in [0.29, 0.717) is 25.1 Å². The van der Waals surface area contributed by atoms with Crippen LogP contribution in [0.2, 0.25) is 0 Å². The number of benzene rings is 1. The Balaban J connectivity index is 1.78. The number of hydrogen-bond donors (Lipinski definition) is 9. The summed E-state index contributed by atoms with van der Waals surface area (Å²) in [6.45, 7) is 0.413. The average Bonchev–Trinajstić information content (AvgIpc) is 3.61. The smallest absolute Gasteiger partial charge is 0.326 e. The maximum absolute atomic E-state index is 13.4. The van der Waals surface area contributed by atoms with Gasteiger partial charge in [-0.2, -0.15) is 12.6 Å². The van der Waals surface area contributed by atoms with Crippen molar-refractivity contribution in [2.45, 2.75) is 56.3 Å². The molecule has 0 aliphatic rings. The minimum absolute atomic E-state index is 0.0105. The first-order valence-corrected chi connectivity index (χ1v) is 13.6. The quantitative estimate of drug-likeness (QED) is 0.0810. The molecule has 2 aromatic heterocycles. The van der Waals surface area contributed by atoms with E-state index < -0.39 is 47.9 Å². The number of hydrogen-bond acceptors (Lipinski definition) is 8. The van der Waals surface area contributed by atoms with Crippen LogP contribution in [0, 0.1) is 0 Å². The van der Waals surface area contributed by atoms with Gasteiger partial charge in [0, 0.05) is 47.6 Å². The Morgan fingerprint density at radius 3 is 2.33 bits per heavy atom. The number of imidazole rings is 1. The highest BCUT2D eigenvalue weighted by Crippen LogP contribution is 2.19. The molecule has 4 atom stereocenters. The second kappa shape index (κ2) is 15.1. The Morgan fingerprint density at radius 1 is 0.950 bits per heavy atom. The number of nitrogens with two attached hydrogens (primary N) is 2. The van der Waals surface area contributed by atoms with Crippen molar-refractivity contribution in [1.82, 2.24) is 30.9 Å².